The van der Waals surface area contributed by atoms with E-state index in [1.54, 1.807) is 17.2 Å². The highest BCUT2D eigenvalue weighted by molar-refractivity contribution is 8.04. The first-order valence-corrected chi connectivity index (χ1v) is 8.99. The van der Waals surface area contributed by atoms with E-state index in [2.05, 4.69) is 10.2 Å². The Morgan fingerprint density at radius 1 is 1.28 bits per heavy atom. The molecule has 0 aliphatic carbocycles. The van der Waals surface area contributed by atoms with Crippen molar-refractivity contribution >= 4 is 23.5 Å². The van der Waals surface area contributed by atoms with E-state index in [1.165, 1.54) is 16.6 Å². The lowest BCUT2D eigenvalue weighted by atomic mass is 9.91. The lowest BCUT2D eigenvalue weighted by Crippen LogP contribution is -2.26. The van der Waals surface area contributed by atoms with Crippen molar-refractivity contribution in [1.82, 2.24) is 19.9 Å². The first-order valence-electron chi connectivity index (χ1n) is 8.00. The molecular formula is C18H20N4O2S. The minimum atomic E-state index is -0.471. The van der Waals surface area contributed by atoms with Gasteiger partial charge in [-0.25, -0.2) is 0 Å². The molecular weight excluding hydrogens is 336 g/mol. The maximum absolute atomic E-state index is 12.3. The Morgan fingerprint density at radius 2 is 2.00 bits per heavy atom. The van der Waals surface area contributed by atoms with Crippen LogP contribution >= 0.6 is 11.8 Å². The Kier molecular flexibility index (Phi) is 4.76. The Morgan fingerprint density at radius 3 is 2.68 bits per heavy atom. The fraction of sp³-hybridized carbons (Fsp3) is 0.333. The highest BCUT2D eigenvalue weighted by Gasteiger charge is 2.30. The number of carbonyl (C=O) groups excluding carboxylic acids is 2. The second-order valence-electron chi connectivity index (χ2n) is 6.83. The van der Waals surface area contributed by atoms with E-state index < -0.39 is 5.41 Å². The summed E-state index contributed by atoms with van der Waals surface area (Å²) in [5, 5.41) is 9.36. The van der Waals surface area contributed by atoms with Crippen molar-refractivity contribution in [3.05, 3.63) is 53.3 Å². The number of carbonyl (C=O) groups is 2. The molecule has 6 nitrogen and oxygen atoms in total. The van der Waals surface area contributed by atoms with E-state index in [0.29, 0.717) is 23.0 Å². The molecule has 2 heterocycles. The number of ketones is 1. The molecule has 0 saturated carbocycles. The Hall–Kier alpha value is -2.41. The zero-order valence-electron chi connectivity index (χ0n) is 14.5. The molecule has 1 aromatic carbocycles. The third-order valence-electron chi connectivity index (χ3n) is 3.75. The monoisotopic (exact) mass is 356 g/mol. The van der Waals surface area contributed by atoms with Crippen molar-refractivity contribution in [1.29, 1.82) is 0 Å². The average molecular weight is 356 g/mol. The van der Waals surface area contributed by atoms with Crippen LogP contribution in [0.4, 0.5) is 0 Å². The van der Waals surface area contributed by atoms with E-state index in [4.69, 9.17) is 0 Å². The van der Waals surface area contributed by atoms with Gasteiger partial charge in [0.15, 0.2) is 5.78 Å². The van der Waals surface area contributed by atoms with Crippen LogP contribution in [-0.4, -0.2) is 37.3 Å². The number of nitrogens with zero attached hydrogens (tertiary/aromatic N) is 4. The molecule has 25 heavy (non-hydrogen) atoms. The highest BCUT2D eigenvalue weighted by atomic mass is 32.2. The molecule has 1 fully saturated rings. The van der Waals surface area contributed by atoms with Crippen molar-refractivity contribution in [2.75, 3.05) is 5.75 Å². The molecule has 0 spiro atoms. The van der Waals surface area contributed by atoms with E-state index in [-0.39, 0.29) is 11.7 Å². The molecule has 0 N–H and O–H groups in total. The number of para-hydroxylation sites is 1. The fourth-order valence-corrected chi connectivity index (χ4v) is 3.18. The van der Waals surface area contributed by atoms with Gasteiger partial charge in [-0.1, -0.05) is 50.7 Å². The molecule has 1 saturated heterocycles. The molecule has 1 aromatic heterocycles. The van der Waals surface area contributed by atoms with E-state index in [9.17, 15) is 9.59 Å². The van der Waals surface area contributed by atoms with Crippen molar-refractivity contribution in [2.45, 2.75) is 27.3 Å². The molecule has 1 aliphatic heterocycles. The van der Waals surface area contributed by atoms with Gasteiger partial charge in [-0.2, -0.15) is 15.0 Å². The molecule has 0 unspecified atom stereocenters. The Labute approximate surface area is 150 Å². The lowest BCUT2D eigenvalue weighted by molar-refractivity contribution is -0.125. The summed E-state index contributed by atoms with van der Waals surface area (Å²) in [4.78, 5) is 27.6. The number of benzene rings is 1. The van der Waals surface area contributed by atoms with E-state index in [0.717, 1.165) is 5.69 Å². The third kappa shape index (κ3) is 3.99. The smallest absolute Gasteiger partial charge is 0.238 e. The summed E-state index contributed by atoms with van der Waals surface area (Å²) in [7, 11) is 0. The van der Waals surface area contributed by atoms with Gasteiger partial charge in [-0.15, -0.1) is 0 Å². The lowest BCUT2D eigenvalue weighted by Gasteiger charge is -2.18. The van der Waals surface area contributed by atoms with Crippen LogP contribution in [0.3, 0.4) is 0 Å². The van der Waals surface area contributed by atoms with E-state index >= 15 is 0 Å². The minimum absolute atomic E-state index is 0.00244. The van der Waals surface area contributed by atoms with Crippen LogP contribution in [0.25, 0.3) is 5.69 Å². The second-order valence-corrected chi connectivity index (χ2v) is 7.82. The van der Waals surface area contributed by atoms with Gasteiger partial charge in [-0.3, -0.25) is 14.5 Å². The average Bonchev–Trinajstić information content (AvgIpc) is 3.17. The van der Waals surface area contributed by atoms with Gasteiger partial charge < -0.3 is 0 Å². The van der Waals surface area contributed by atoms with Gasteiger partial charge in [0.1, 0.15) is 5.69 Å². The van der Waals surface area contributed by atoms with Gasteiger partial charge in [-0.05, 0) is 12.1 Å². The Balaban J connectivity index is 1.79. The molecule has 130 valence electrons. The van der Waals surface area contributed by atoms with Gasteiger partial charge in [0.2, 0.25) is 5.91 Å². The molecule has 0 atom stereocenters. The molecule has 2 aromatic rings. The number of rotatable bonds is 4. The standard InChI is InChI=1S/C18H20N4O2S/c1-18(2,3)15(23)9-17-21(16(24)12-25-17)11-13-10-19-22(20-13)14-7-5-4-6-8-14/h4-10H,11-12H2,1-3H3/b17-9-. The highest BCUT2D eigenvalue weighted by Crippen LogP contribution is 2.31. The van der Waals surface area contributed by atoms with Crippen LogP contribution in [-0.2, 0) is 16.1 Å². The molecule has 1 aliphatic rings. The van der Waals surface area contributed by atoms with Crippen LogP contribution in [0.2, 0.25) is 0 Å². The number of hydrogen-bond donors (Lipinski definition) is 0. The molecule has 1 amide bonds. The normalized spacial score (nSPS) is 16.7. The minimum Gasteiger partial charge on any atom is -0.300 e. The SMILES string of the molecule is CC(C)(C)C(=O)/C=C1\SCC(=O)N1Cc1cnn(-c2ccccc2)n1. The molecule has 0 bridgehead atoms. The number of amides is 1. The molecule has 0 radical (unpaired) electrons. The predicted molar refractivity (Wildman–Crippen MR) is 96.9 cm³/mol. The second kappa shape index (κ2) is 6.84. The van der Waals surface area contributed by atoms with E-state index in [1.807, 2.05) is 51.1 Å². The number of allylic oxidation sites excluding steroid dienone is 1. The van der Waals surface area contributed by atoms with Crippen molar-refractivity contribution in [3.8, 4) is 5.69 Å². The zero-order valence-corrected chi connectivity index (χ0v) is 15.3. The summed E-state index contributed by atoms with van der Waals surface area (Å²) in [6.45, 7) is 5.90. The number of thioether (sulfide) groups is 1. The summed E-state index contributed by atoms with van der Waals surface area (Å²) >= 11 is 1.39. The number of aromatic nitrogens is 3. The molecule has 3 rings (SSSR count). The van der Waals surface area contributed by atoms with Crippen LogP contribution in [0, 0.1) is 5.41 Å². The van der Waals surface area contributed by atoms with Crippen LogP contribution < -0.4 is 0 Å². The van der Waals surface area contributed by atoms with Gasteiger partial charge in [0, 0.05) is 11.5 Å². The summed E-state index contributed by atoms with van der Waals surface area (Å²) in [6.07, 6.45) is 3.21. The van der Waals surface area contributed by atoms with Crippen LogP contribution in [0.1, 0.15) is 26.5 Å². The topological polar surface area (TPSA) is 68.1 Å². The van der Waals surface area contributed by atoms with Gasteiger partial charge >= 0.3 is 0 Å². The quantitative estimate of drug-likeness (QED) is 0.788. The maximum atomic E-state index is 12.3. The fourth-order valence-electron chi connectivity index (χ4n) is 2.24. The summed E-state index contributed by atoms with van der Waals surface area (Å²) < 4.78 is 0. The van der Waals surface area contributed by atoms with Crippen molar-refractivity contribution < 1.29 is 9.59 Å². The van der Waals surface area contributed by atoms with Crippen molar-refractivity contribution in [3.63, 3.8) is 0 Å². The predicted octanol–water partition coefficient (Wildman–Crippen LogP) is 2.80. The summed E-state index contributed by atoms with van der Waals surface area (Å²) in [5.41, 5.74) is 1.06. The van der Waals surface area contributed by atoms with Crippen LogP contribution in [0.5, 0.6) is 0 Å². The van der Waals surface area contributed by atoms with Crippen molar-refractivity contribution in [2.24, 2.45) is 5.41 Å². The first-order chi connectivity index (χ1) is 11.8. The third-order valence-corrected chi connectivity index (χ3v) is 4.78. The Bertz CT molecular complexity index is 821. The van der Waals surface area contributed by atoms with Gasteiger partial charge in [0.05, 0.1) is 29.2 Å². The van der Waals surface area contributed by atoms with Crippen LogP contribution in [0.15, 0.2) is 47.6 Å². The molecule has 7 heteroatoms. The first kappa shape index (κ1) is 17.4. The summed E-state index contributed by atoms with van der Waals surface area (Å²) in [5.74, 6) is 0.325. The number of hydrogen-bond acceptors (Lipinski definition) is 5. The summed E-state index contributed by atoms with van der Waals surface area (Å²) in [6, 6.07) is 9.58. The van der Waals surface area contributed by atoms with Gasteiger partial charge in [0.25, 0.3) is 0 Å². The largest absolute Gasteiger partial charge is 0.300 e. The zero-order chi connectivity index (χ0) is 18.0. The maximum Gasteiger partial charge on any atom is 0.238 e.